The summed E-state index contributed by atoms with van der Waals surface area (Å²) >= 11 is 1.76. The highest BCUT2D eigenvalue weighted by Crippen LogP contribution is 2.55. The quantitative estimate of drug-likeness (QED) is 0.190. The molecule has 0 aliphatic carbocycles. The van der Waals surface area contributed by atoms with E-state index in [1.807, 2.05) is 0 Å². The van der Waals surface area contributed by atoms with Crippen molar-refractivity contribution in [3.63, 3.8) is 0 Å². The van der Waals surface area contributed by atoms with Crippen molar-refractivity contribution < 1.29 is 4.74 Å². The van der Waals surface area contributed by atoms with Crippen LogP contribution in [-0.2, 0) is 11.3 Å². The van der Waals surface area contributed by atoms with E-state index in [2.05, 4.69) is 156 Å². The number of benzene rings is 5. The molecule has 0 atom stereocenters. The molecule has 0 fully saturated rings. The second-order valence-electron chi connectivity index (χ2n) is 11.3. The van der Waals surface area contributed by atoms with Crippen molar-refractivity contribution in [2.24, 2.45) is 0 Å². The van der Waals surface area contributed by atoms with Gasteiger partial charge < -0.3 is 14.5 Å². The Kier molecular flexibility index (Phi) is 6.90. The van der Waals surface area contributed by atoms with Crippen LogP contribution in [0.25, 0.3) is 32.6 Å². The van der Waals surface area contributed by atoms with Crippen LogP contribution in [0.5, 0.6) is 0 Å². The summed E-state index contributed by atoms with van der Waals surface area (Å²) in [5, 5.41) is 3.32. The third-order valence-corrected chi connectivity index (χ3v) is 9.38. The molecular formula is C40H31N3OS. The number of hydrogen-bond acceptors (Lipinski definition) is 5. The molecule has 0 radical (unpaired) electrons. The summed E-state index contributed by atoms with van der Waals surface area (Å²) < 4.78 is 5.37. The minimum atomic E-state index is 0.586. The molecule has 0 saturated heterocycles. The van der Waals surface area contributed by atoms with Crippen LogP contribution < -0.4 is 9.80 Å². The van der Waals surface area contributed by atoms with E-state index >= 15 is 0 Å². The summed E-state index contributed by atoms with van der Waals surface area (Å²) in [7, 11) is 1.73. The monoisotopic (exact) mass is 601 g/mol. The Balaban J connectivity index is 1.41. The lowest BCUT2D eigenvalue weighted by atomic mass is 9.97. The minimum Gasteiger partial charge on any atom is -0.380 e. The SMILES string of the molecule is COCc1ccc(-c2cc(-c3cccs3)c3c(C)ccc(N4c5ccccc5N(c5ccccc5)c5ccccc54)c3n2)cc1. The maximum absolute atomic E-state index is 5.47. The number of aromatic nitrogens is 1. The Labute approximate surface area is 267 Å². The molecule has 4 nitrogen and oxygen atoms in total. The largest absolute Gasteiger partial charge is 0.380 e. The fraction of sp³-hybridized carbons (Fsp3) is 0.0750. The predicted octanol–water partition coefficient (Wildman–Crippen LogP) is 11.3. The Bertz CT molecular complexity index is 2090. The highest BCUT2D eigenvalue weighted by Gasteiger charge is 2.31. The molecule has 3 heterocycles. The van der Waals surface area contributed by atoms with Gasteiger partial charge in [-0.1, -0.05) is 78.9 Å². The van der Waals surface area contributed by atoms with Gasteiger partial charge in [-0.15, -0.1) is 11.3 Å². The predicted molar refractivity (Wildman–Crippen MR) is 189 cm³/mol. The Morgan fingerprint density at radius 1 is 0.644 bits per heavy atom. The van der Waals surface area contributed by atoms with E-state index in [4.69, 9.17) is 9.72 Å². The van der Waals surface area contributed by atoms with Crippen LogP contribution in [0.1, 0.15) is 11.1 Å². The van der Waals surface area contributed by atoms with Crippen LogP contribution in [0.4, 0.5) is 34.1 Å². The molecule has 0 unspecified atom stereocenters. The van der Waals surface area contributed by atoms with Crippen molar-refractivity contribution >= 4 is 56.4 Å². The summed E-state index contributed by atoms with van der Waals surface area (Å²) in [5.74, 6) is 0. The smallest absolute Gasteiger partial charge is 0.0959 e. The van der Waals surface area contributed by atoms with Gasteiger partial charge in [-0.2, -0.15) is 0 Å². The number of anilines is 6. The van der Waals surface area contributed by atoms with Gasteiger partial charge in [0.2, 0.25) is 0 Å². The molecule has 8 rings (SSSR count). The first-order valence-electron chi connectivity index (χ1n) is 15.1. The van der Waals surface area contributed by atoms with Crippen LogP contribution in [-0.4, -0.2) is 12.1 Å². The molecule has 0 bridgehead atoms. The van der Waals surface area contributed by atoms with E-state index in [0.29, 0.717) is 6.61 Å². The third-order valence-electron chi connectivity index (χ3n) is 8.48. The molecule has 0 saturated carbocycles. The number of methoxy groups -OCH3 is 1. The second-order valence-corrected chi connectivity index (χ2v) is 12.2. The van der Waals surface area contributed by atoms with Crippen molar-refractivity contribution in [2.45, 2.75) is 13.5 Å². The molecule has 45 heavy (non-hydrogen) atoms. The number of fused-ring (bicyclic) bond motifs is 3. The zero-order valence-corrected chi connectivity index (χ0v) is 26.0. The number of pyridine rings is 1. The molecule has 0 amide bonds. The average Bonchev–Trinajstić information content (AvgIpc) is 3.63. The topological polar surface area (TPSA) is 28.6 Å². The van der Waals surface area contributed by atoms with Gasteiger partial charge in [-0.3, -0.25) is 0 Å². The van der Waals surface area contributed by atoms with Gasteiger partial charge in [0.05, 0.1) is 46.3 Å². The van der Waals surface area contributed by atoms with Crippen LogP contribution >= 0.6 is 11.3 Å². The Morgan fingerprint density at radius 3 is 1.91 bits per heavy atom. The number of para-hydroxylation sites is 5. The molecule has 218 valence electrons. The maximum Gasteiger partial charge on any atom is 0.0959 e. The first-order chi connectivity index (χ1) is 22.2. The highest BCUT2D eigenvalue weighted by molar-refractivity contribution is 7.13. The molecular weight excluding hydrogens is 571 g/mol. The van der Waals surface area contributed by atoms with Gasteiger partial charge in [0, 0.05) is 34.2 Å². The first-order valence-corrected chi connectivity index (χ1v) is 16.0. The lowest BCUT2D eigenvalue weighted by Gasteiger charge is -2.40. The number of nitrogens with zero attached hydrogens (tertiary/aromatic N) is 3. The molecule has 2 aromatic heterocycles. The number of thiophene rings is 1. The van der Waals surface area contributed by atoms with Gasteiger partial charge in [0.15, 0.2) is 0 Å². The molecule has 1 aliphatic rings. The summed E-state index contributed by atoms with van der Waals surface area (Å²) in [5.41, 5.74) is 13.2. The fourth-order valence-electron chi connectivity index (χ4n) is 6.45. The molecule has 5 heteroatoms. The lowest BCUT2D eigenvalue weighted by molar-refractivity contribution is 0.185. The van der Waals surface area contributed by atoms with E-state index < -0.39 is 0 Å². The van der Waals surface area contributed by atoms with Gasteiger partial charge in [-0.25, -0.2) is 4.98 Å². The number of ether oxygens (including phenoxy) is 1. The summed E-state index contributed by atoms with van der Waals surface area (Å²) in [4.78, 5) is 11.4. The Hall–Kier alpha value is -5.23. The lowest BCUT2D eigenvalue weighted by Crippen LogP contribution is -2.24. The summed E-state index contributed by atoms with van der Waals surface area (Å²) in [6.45, 7) is 2.78. The standard InChI is InChI=1S/C40H31N3OS/c1-27-18-23-37(40-39(27)31(38-17-10-24-45-38)25-32(41-40)29-21-19-28(20-22-29)26-44-2)43-35-15-8-6-13-33(35)42(30-11-4-3-5-12-30)34-14-7-9-16-36(34)43/h3-25H,26H2,1-2H3. The zero-order valence-electron chi connectivity index (χ0n) is 25.1. The van der Waals surface area contributed by atoms with Crippen molar-refractivity contribution in [1.29, 1.82) is 0 Å². The van der Waals surface area contributed by atoms with E-state index in [1.54, 1.807) is 18.4 Å². The van der Waals surface area contributed by atoms with Crippen LogP contribution in [0.2, 0.25) is 0 Å². The molecule has 1 aliphatic heterocycles. The number of rotatable bonds is 6. The van der Waals surface area contributed by atoms with Crippen LogP contribution in [0.3, 0.4) is 0 Å². The van der Waals surface area contributed by atoms with Crippen molar-refractivity contribution in [3.05, 3.63) is 150 Å². The average molecular weight is 602 g/mol. The summed E-state index contributed by atoms with van der Waals surface area (Å²) in [6.07, 6.45) is 0. The molecule has 7 aromatic rings. The van der Waals surface area contributed by atoms with E-state index in [-0.39, 0.29) is 0 Å². The minimum absolute atomic E-state index is 0.586. The highest BCUT2D eigenvalue weighted by atomic mass is 32.1. The van der Waals surface area contributed by atoms with E-state index in [0.717, 1.165) is 56.5 Å². The maximum atomic E-state index is 5.47. The normalized spacial score (nSPS) is 12.3. The molecule has 5 aromatic carbocycles. The van der Waals surface area contributed by atoms with Crippen molar-refractivity contribution in [1.82, 2.24) is 4.98 Å². The second kappa shape index (κ2) is 11.4. The van der Waals surface area contributed by atoms with Gasteiger partial charge >= 0.3 is 0 Å². The van der Waals surface area contributed by atoms with Crippen molar-refractivity contribution in [3.8, 4) is 21.7 Å². The number of aryl methyl sites for hydroxylation is 1. The van der Waals surface area contributed by atoms with E-state index in [1.165, 1.54) is 21.4 Å². The van der Waals surface area contributed by atoms with Crippen LogP contribution in [0.15, 0.2) is 139 Å². The van der Waals surface area contributed by atoms with E-state index in [9.17, 15) is 0 Å². The van der Waals surface area contributed by atoms with Gasteiger partial charge in [0.1, 0.15) is 0 Å². The van der Waals surface area contributed by atoms with Gasteiger partial charge in [-0.05, 0) is 78.0 Å². The zero-order chi connectivity index (χ0) is 30.3. The third kappa shape index (κ3) is 4.69. The molecule has 0 spiro atoms. The molecule has 0 N–H and O–H groups in total. The number of hydrogen-bond donors (Lipinski definition) is 0. The fourth-order valence-corrected chi connectivity index (χ4v) is 7.20. The van der Waals surface area contributed by atoms with Crippen molar-refractivity contribution in [2.75, 3.05) is 16.9 Å². The van der Waals surface area contributed by atoms with Gasteiger partial charge in [0.25, 0.3) is 0 Å². The van der Waals surface area contributed by atoms with Crippen LogP contribution in [0, 0.1) is 6.92 Å². The first kappa shape index (κ1) is 27.3. The summed E-state index contributed by atoms with van der Waals surface area (Å²) in [6, 6.07) is 47.5. The Morgan fingerprint density at radius 2 is 1.29 bits per heavy atom.